The molecule has 1 saturated heterocycles. The molecule has 1 nitrogen and oxygen atoms in total. The molecule has 0 N–H and O–H groups in total. The summed E-state index contributed by atoms with van der Waals surface area (Å²) in [5, 5.41) is 2.14. The van der Waals surface area contributed by atoms with Gasteiger partial charge in [0.05, 0.1) is 0 Å². The molecule has 0 amide bonds. The predicted molar refractivity (Wildman–Crippen MR) is 62.7 cm³/mol. The molecule has 1 heterocycles. The van der Waals surface area contributed by atoms with Crippen molar-refractivity contribution in [2.24, 2.45) is 0 Å². The number of halogens is 1. The van der Waals surface area contributed by atoms with Crippen LogP contribution in [0.5, 0.6) is 0 Å². The molecule has 14 heavy (non-hydrogen) atoms. The zero-order chi connectivity index (χ0) is 10.0. The molecule has 0 spiro atoms. The highest BCUT2D eigenvalue weighted by Gasteiger charge is 2.34. The third-order valence-electron chi connectivity index (χ3n) is 2.91. The number of hydrogen-bond acceptors (Lipinski definition) is 1. The predicted octanol–water partition coefficient (Wildman–Crippen LogP) is 2.93. The van der Waals surface area contributed by atoms with Crippen LogP contribution in [0.3, 0.4) is 0 Å². The first kappa shape index (κ1) is 10.2. The molecule has 0 aliphatic carbocycles. The monoisotopic (exact) mass is 226 g/mol. The standard InChI is InChI=1S/C11H15ClOSi/c1-14(9-5-4-8-13-14)11-7-3-2-6-10(11)12/h2-3,6-7H,4-5,8-9H2,1H3. The Bertz CT molecular complexity index is 321. The summed E-state index contributed by atoms with van der Waals surface area (Å²) in [7, 11) is -1.69. The van der Waals surface area contributed by atoms with Crippen molar-refractivity contribution in [1.82, 2.24) is 0 Å². The highest BCUT2D eigenvalue weighted by molar-refractivity contribution is 6.87. The van der Waals surface area contributed by atoms with E-state index < -0.39 is 8.32 Å². The summed E-state index contributed by atoms with van der Waals surface area (Å²) >= 11 is 6.20. The molecule has 3 heteroatoms. The molecular formula is C11H15ClOSi. The minimum absolute atomic E-state index is 0.878. The molecule has 1 aromatic carbocycles. The summed E-state index contributed by atoms with van der Waals surface area (Å²) in [6, 6.07) is 9.33. The molecular weight excluding hydrogens is 212 g/mol. The lowest BCUT2D eigenvalue weighted by atomic mass is 10.3. The van der Waals surface area contributed by atoms with E-state index in [2.05, 4.69) is 18.7 Å². The molecule has 1 aliphatic heterocycles. The Balaban J connectivity index is 2.32. The van der Waals surface area contributed by atoms with Crippen LogP contribution < -0.4 is 5.19 Å². The summed E-state index contributed by atoms with van der Waals surface area (Å²) in [6.45, 7) is 3.18. The molecule has 2 rings (SSSR count). The van der Waals surface area contributed by atoms with Gasteiger partial charge in [-0.3, -0.25) is 0 Å². The maximum absolute atomic E-state index is 6.20. The molecule has 1 aliphatic rings. The molecule has 1 aromatic rings. The van der Waals surface area contributed by atoms with Crippen molar-refractivity contribution >= 4 is 25.1 Å². The molecule has 0 aromatic heterocycles. The van der Waals surface area contributed by atoms with Gasteiger partial charge in [-0.15, -0.1) is 0 Å². The molecule has 0 radical (unpaired) electrons. The lowest BCUT2D eigenvalue weighted by Gasteiger charge is -2.32. The highest BCUT2D eigenvalue weighted by atomic mass is 35.5. The third-order valence-corrected chi connectivity index (χ3v) is 7.12. The van der Waals surface area contributed by atoms with Crippen LogP contribution in [0, 0.1) is 0 Å². The van der Waals surface area contributed by atoms with Crippen LogP contribution in [0.4, 0.5) is 0 Å². The molecule has 0 bridgehead atoms. The van der Waals surface area contributed by atoms with Crippen LogP contribution in [0.1, 0.15) is 12.8 Å². The Morgan fingerprint density at radius 3 is 2.71 bits per heavy atom. The first-order valence-corrected chi connectivity index (χ1v) is 8.11. The number of rotatable bonds is 1. The van der Waals surface area contributed by atoms with Crippen LogP contribution in [-0.4, -0.2) is 14.9 Å². The van der Waals surface area contributed by atoms with Crippen LogP contribution in [0.25, 0.3) is 0 Å². The van der Waals surface area contributed by atoms with Crippen molar-refractivity contribution in [3.8, 4) is 0 Å². The largest absolute Gasteiger partial charge is 0.413 e. The summed E-state index contributed by atoms with van der Waals surface area (Å²) in [5.41, 5.74) is 0. The summed E-state index contributed by atoms with van der Waals surface area (Å²) in [6.07, 6.45) is 2.49. The normalized spacial score (nSPS) is 27.6. The van der Waals surface area contributed by atoms with Crippen molar-refractivity contribution in [2.75, 3.05) is 6.61 Å². The minimum atomic E-state index is -1.69. The van der Waals surface area contributed by atoms with E-state index in [-0.39, 0.29) is 0 Å². The first-order valence-electron chi connectivity index (χ1n) is 5.11. The minimum Gasteiger partial charge on any atom is -0.413 e. The van der Waals surface area contributed by atoms with E-state index in [1.807, 2.05) is 12.1 Å². The number of hydrogen-bond donors (Lipinski definition) is 0. The Hall–Kier alpha value is -0.313. The quantitative estimate of drug-likeness (QED) is 0.670. The van der Waals surface area contributed by atoms with Gasteiger partial charge >= 0.3 is 0 Å². The van der Waals surface area contributed by atoms with E-state index >= 15 is 0 Å². The Morgan fingerprint density at radius 1 is 1.29 bits per heavy atom. The van der Waals surface area contributed by atoms with Gasteiger partial charge < -0.3 is 4.43 Å². The molecule has 0 saturated carbocycles. The topological polar surface area (TPSA) is 9.23 Å². The van der Waals surface area contributed by atoms with E-state index in [9.17, 15) is 0 Å². The molecule has 1 fully saturated rings. The SMILES string of the molecule is C[Si]1(c2ccccc2Cl)CCCCO1. The Kier molecular flexibility index (Phi) is 2.95. The fourth-order valence-corrected chi connectivity index (χ4v) is 5.90. The maximum atomic E-state index is 6.20. The van der Waals surface area contributed by atoms with Gasteiger partial charge in [0.2, 0.25) is 8.32 Å². The van der Waals surface area contributed by atoms with Gasteiger partial charge in [-0.25, -0.2) is 0 Å². The average molecular weight is 227 g/mol. The third kappa shape index (κ3) is 1.87. The lowest BCUT2D eigenvalue weighted by molar-refractivity contribution is 0.279. The van der Waals surface area contributed by atoms with Gasteiger partial charge in [0.15, 0.2) is 0 Å². The zero-order valence-electron chi connectivity index (χ0n) is 8.42. The summed E-state index contributed by atoms with van der Waals surface area (Å²) in [4.78, 5) is 0. The van der Waals surface area contributed by atoms with Gasteiger partial charge in [-0.1, -0.05) is 36.2 Å². The van der Waals surface area contributed by atoms with Crippen LogP contribution in [-0.2, 0) is 4.43 Å². The molecule has 1 unspecified atom stereocenters. The number of benzene rings is 1. The van der Waals surface area contributed by atoms with E-state index in [4.69, 9.17) is 16.0 Å². The van der Waals surface area contributed by atoms with Crippen molar-refractivity contribution in [3.05, 3.63) is 29.3 Å². The van der Waals surface area contributed by atoms with Crippen LogP contribution in [0.2, 0.25) is 17.6 Å². The van der Waals surface area contributed by atoms with Crippen LogP contribution in [0.15, 0.2) is 24.3 Å². The van der Waals surface area contributed by atoms with E-state index in [1.54, 1.807) is 0 Å². The van der Waals surface area contributed by atoms with Crippen molar-refractivity contribution in [2.45, 2.75) is 25.4 Å². The summed E-state index contributed by atoms with van der Waals surface area (Å²) in [5.74, 6) is 0. The van der Waals surface area contributed by atoms with Crippen LogP contribution >= 0.6 is 11.6 Å². The second-order valence-electron chi connectivity index (χ2n) is 4.02. The molecule has 1 atom stereocenters. The first-order chi connectivity index (χ1) is 6.72. The van der Waals surface area contributed by atoms with Crippen molar-refractivity contribution in [3.63, 3.8) is 0 Å². The molecule has 76 valence electrons. The van der Waals surface area contributed by atoms with Gasteiger partial charge in [-0.05, 0) is 30.3 Å². The Morgan fingerprint density at radius 2 is 2.07 bits per heavy atom. The summed E-state index contributed by atoms with van der Waals surface area (Å²) < 4.78 is 5.99. The lowest BCUT2D eigenvalue weighted by Crippen LogP contribution is -2.50. The van der Waals surface area contributed by atoms with Gasteiger partial charge in [0.1, 0.15) is 0 Å². The van der Waals surface area contributed by atoms with E-state index in [1.165, 1.54) is 24.1 Å². The second kappa shape index (κ2) is 4.05. The van der Waals surface area contributed by atoms with Crippen molar-refractivity contribution in [1.29, 1.82) is 0 Å². The Labute approximate surface area is 91.2 Å². The van der Waals surface area contributed by atoms with E-state index in [0.717, 1.165) is 11.6 Å². The fraction of sp³-hybridized carbons (Fsp3) is 0.455. The average Bonchev–Trinajstić information content (AvgIpc) is 2.19. The smallest absolute Gasteiger partial charge is 0.222 e. The fourth-order valence-electron chi connectivity index (χ4n) is 2.04. The maximum Gasteiger partial charge on any atom is 0.222 e. The highest BCUT2D eigenvalue weighted by Crippen LogP contribution is 2.23. The van der Waals surface area contributed by atoms with Gasteiger partial charge in [0, 0.05) is 11.6 Å². The van der Waals surface area contributed by atoms with Crippen molar-refractivity contribution < 1.29 is 4.43 Å². The zero-order valence-corrected chi connectivity index (χ0v) is 10.2. The van der Waals surface area contributed by atoms with E-state index in [0.29, 0.717) is 0 Å². The second-order valence-corrected chi connectivity index (χ2v) is 8.21. The van der Waals surface area contributed by atoms with Gasteiger partial charge in [0.25, 0.3) is 0 Å². The van der Waals surface area contributed by atoms with Gasteiger partial charge in [-0.2, -0.15) is 0 Å².